The molecule has 2 atom stereocenters. The molecule has 3 aromatic rings. The van der Waals surface area contributed by atoms with E-state index < -0.39 is 58.2 Å². The smallest absolute Gasteiger partial charge is 0.353 e. The van der Waals surface area contributed by atoms with E-state index in [1.165, 1.54) is 7.05 Å². The number of hydrogen-bond acceptors (Lipinski definition) is 5. The van der Waals surface area contributed by atoms with E-state index in [2.05, 4.69) is 15.4 Å². The summed E-state index contributed by atoms with van der Waals surface area (Å²) in [7, 11) is 1.29. The van der Waals surface area contributed by atoms with Crippen LogP contribution < -0.4 is 9.80 Å². The van der Waals surface area contributed by atoms with Gasteiger partial charge < -0.3 is 4.90 Å². The van der Waals surface area contributed by atoms with Crippen LogP contribution in [0.25, 0.3) is 0 Å². The molecular formula is C23H18ClF9N6O. The molecule has 2 aromatic carbocycles. The Morgan fingerprint density at radius 1 is 0.925 bits per heavy atom. The summed E-state index contributed by atoms with van der Waals surface area (Å²) >= 11 is 5.75. The molecule has 0 bridgehead atoms. The van der Waals surface area contributed by atoms with Crippen LogP contribution in [-0.4, -0.2) is 38.2 Å². The lowest BCUT2D eigenvalue weighted by molar-refractivity contribution is -0.143. The lowest BCUT2D eigenvalue weighted by Crippen LogP contribution is -2.51. The third-order valence-corrected chi connectivity index (χ3v) is 6.49. The van der Waals surface area contributed by atoms with E-state index in [1.807, 2.05) is 0 Å². The minimum atomic E-state index is -5.20. The van der Waals surface area contributed by atoms with Gasteiger partial charge in [-0.2, -0.15) is 44.3 Å². The van der Waals surface area contributed by atoms with Crippen molar-refractivity contribution in [2.24, 2.45) is 7.05 Å². The van der Waals surface area contributed by atoms with E-state index in [-0.39, 0.29) is 36.2 Å². The van der Waals surface area contributed by atoms with E-state index in [0.717, 1.165) is 20.7 Å². The van der Waals surface area contributed by atoms with Crippen LogP contribution in [0, 0.1) is 0 Å². The topological polar surface area (TPSA) is 67.2 Å². The third-order valence-electron chi connectivity index (χ3n) is 6.31. The summed E-state index contributed by atoms with van der Waals surface area (Å²) in [5.74, 6) is -0.390. The van der Waals surface area contributed by atoms with Crippen molar-refractivity contribution in [2.45, 2.75) is 44.0 Å². The number of amides is 1. The molecule has 1 aromatic heterocycles. The van der Waals surface area contributed by atoms with Gasteiger partial charge >= 0.3 is 23.9 Å². The third kappa shape index (κ3) is 5.67. The molecule has 0 radical (unpaired) electrons. The predicted molar refractivity (Wildman–Crippen MR) is 124 cm³/mol. The van der Waals surface area contributed by atoms with Crippen molar-refractivity contribution in [3.05, 3.63) is 64.5 Å². The fourth-order valence-corrected chi connectivity index (χ4v) is 4.77. The molecule has 0 aliphatic carbocycles. The number of carbonyl (C=O) groups excluding carboxylic acids is 1. The van der Waals surface area contributed by atoms with Crippen LogP contribution in [0.1, 0.15) is 47.5 Å². The maximum absolute atomic E-state index is 13.7. The number of hydrogen-bond donors (Lipinski definition) is 0. The van der Waals surface area contributed by atoms with Crippen LogP contribution >= 0.6 is 11.6 Å². The zero-order valence-corrected chi connectivity index (χ0v) is 21.2. The first-order valence-electron chi connectivity index (χ1n) is 11.4. The highest BCUT2D eigenvalue weighted by molar-refractivity contribution is 6.66. The second kappa shape index (κ2) is 10.1. The summed E-state index contributed by atoms with van der Waals surface area (Å²) in [5.41, 5.74) is -5.55. The number of anilines is 2. The number of aryl methyl sites for hydroxylation is 1. The van der Waals surface area contributed by atoms with Crippen LogP contribution in [0.4, 0.5) is 55.7 Å². The van der Waals surface area contributed by atoms with Crippen molar-refractivity contribution in [3.8, 4) is 0 Å². The van der Waals surface area contributed by atoms with Gasteiger partial charge in [0.2, 0.25) is 5.82 Å². The number of benzene rings is 2. The highest BCUT2D eigenvalue weighted by Crippen LogP contribution is 2.47. The van der Waals surface area contributed by atoms with Gasteiger partial charge in [-0.1, -0.05) is 6.92 Å². The normalized spacial score (nSPS) is 17.1. The minimum Gasteiger partial charge on any atom is -0.353 e. The standard InChI is InChI=1S/C23H18ClF9N6O/c1-3-15-10-38(17-9-12(21(25,26)27)4-5-16(17)39(15)20(24)40)18(19-34-36-37(2)35-19)11-6-13(22(28,29)30)8-14(7-11)23(31,32)33/h4-9,15,18H,3,10H2,1-2H3. The SMILES string of the molecule is CCC1CN(C(c2cc(C(F)(F)F)cc(C(F)(F)F)c2)c2nnn(C)n2)c2cc(C(F)(F)F)ccc2N1C(=O)Cl. The summed E-state index contributed by atoms with van der Waals surface area (Å²) in [6.45, 7) is 1.27. The number of tetrazole rings is 1. The van der Waals surface area contributed by atoms with Crippen molar-refractivity contribution in [1.82, 2.24) is 20.2 Å². The highest BCUT2D eigenvalue weighted by atomic mass is 35.5. The molecule has 1 aliphatic rings. The van der Waals surface area contributed by atoms with E-state index in [1.54, 1.807) is 6.92 Å². The van der Waals surface area contributed by atoms with Crippen LogP contribution in [0.15, 0.2) is 36.4 Å². The fourth-order valence-electron chi connectivity index (χ4n) is 4.55. The maximum Gasteiger partial charge on any atom is 0.416 e. The lowest BCUT2D eigenvalue weighted by atomic mass is 9.94. The highest BCUT2D eigenvalue weighted by Gasteiger charge is 2.43. The molecular weight excluding hydrogens is 583 g/mol. The van der Waals surface area contributed by atoms with Crippen LogP contribution in [0.2, 0.25) is 0 Å². The van der Waals surface area contributed by atoms with E-state index >= 15 is 0 Å². The summed E-state index contributed by atoms with van der Waals surface area (Å²) in [4.78, 5) is 15.3. The Hall–Kier alpha value is -3.56. The van der Waals surface area contributed by atoms with Crippen molar-refractivity contribution in [2.75, 3.05) is 16.3 Å². The quantitative estimate of drug-likeness (QED) is 0.187. The lowest BCUT2D eigenvalue weighted by Gasteiger charge is -2.45. The Balaban J connectivity index is 2.05. The average molecular weight is 601 g/mol. The number of nitrogens with zero attached hydrogens (tertiary/aromatic N) is 6. The second-order valence-electron chi connectivity index (χ2n) is 8.92. The van der Waals surface area contributed by atoms with Crippen molar-refractivity contribution >= 4 is 28.3 Å². The number of alkyl halides is 9. The van der Waals surface area contributed by atoms with Gasteiger partial charge in [-0.05, 0) is 65.2 Å². The second-order valence-corrected chi connectivity index (χ2v) is 9.24. The molecule has 1 aliphatic heterocycles. The van der Waals surface area contributed by atoms with Crippen LogP contribution in [-0.2, 0) is 25.6 Å². The molecule has 1 amide bonds. The van der Waals surface area contributed by atoms with Gasteiger partial charge in [-0.15, -0.1) is 10.2 Å². The Morgan fingerprint density at radius 3 is 1.95 bits per heavy atom. The average Bonchev–Trinajstić information content (AvgIpc) is 3.26. The molecule has 0 N–H and O–H groups in total. The Labute approximate surface area is 225 Å². The molecule has 7 nitrogen and oxygen atoms in total. The van der Waals surface area contributed by atoms with Crippen molar-refractivity contribution in [3.63, 3.8) is 0 Å². The number of carbonyl (C=O) groups is 1. The largest absolute Gasteiger partial charge is 0.416 e. The summed E-state index contributed by atoms with van der Waals surface area (Å²) in [6, 6.07) is 0.593. The maximum atomic E-state index is 13.7. The molecule has 0 saturated heterocycles. The molecule has 2 unspecified atom stereocenters. The number of rotatable bonds is 4. The zero-order chi connectivity index (χ0) is 29.8. The minimum absolute atomic E-state index is 0.0701. The Kier molecular flexibility index (Phi) is 7.45. The summed E-state index contributed by atoms with van der Waals surface area (Å²) in [6.07, 6.45) is -15.1. The van der Waals surface area contributed by atoms with E-state index in [4.69, 9.17) is 11.6 Å². The van der Waals surface area contributed by atoms with Gasteiger partial charge in [-0.25, -0.2) is 0 Å². The number of aromatic nitrogens is 4. The number of fused-ring (bicyclic) bond motifs is 1. The van der Waals surface area contributed by atoms with Gasteiger partial charge in [0.25, 0.3) is 0 Å². The molecule has 0 spiro atoms. The summed E-state index contributed by atoms with van der Waals surface area (Å²) < 4.78 is 123. The Morgan fingerprint density at radius 2 is 1.50 bits per heavy atom. The number of halogens is 10. The molecule has 0 fully saturated rings. The first-order valence-corrected chi connectivity index (χ1v) is 11.8. The molecule has 0 saturated carbocycles. The fraction of sp³-hybridized carbons (Fsp3) is 0.391. The molecule has 4 rings (SSSR count). The van der Waals surface area contributed by atoms with Gasteiger partial charge in [0.1, 0.15) is 6.04 Å². The predicted octanol–water partition coefficient (Wildman–Crippen LogP) is 6.82. The summed E-state index contributed by atoms with van der Waals surface area (Å²) in [5, 5.41) is 10.3. The molecule has 216 valence electrons. The monoisotopic (exact) mass is 600 g/mol. The zero-order valence-electron chi connectivity index (χ0n) is 20.4. The van der Waals surface area contributed by atoms with E-state index in [9.17, 15) is 44.3 Å². The first-order chi connectivity index (χ1) is 18.4. The van der Waals surface area contributed by atoms with Crippen molar-refractivity contribution in [1.29, 1.82) is 0 Å². The Bertz CT molecular complexity index is 1390. The van der Waals surface area contributed by atoms with Crippen LogP contribution in [0.5, 0.6) is 0 Å². The molecule has 40 heavy (non-hydrogen) atoms. The molecule has 2 heterocycles. The van der Waals surface area contributed by atoms with Crippen molar-refractivity contribution < 1.29 is 44.3 Å². The molecule has 17 heteroatoms. The van der Waals surface area contributed by atoms with Gasteiger partial charge in [0.05, 0.1) is 41.2 Å². The van der Waals surface area contributed by atoms with Gasteiger partial charge in [0, 0.05) is 6.54 Å². The van der Waals surface area contributed by atoms with Gasteiger partial charge in [0.15, 0.2) is 0 Å². The first kappa shape index (κ1) is 29.4. The van der Waals surface area contributed by atoms with E-state index in [0.29, 0.717) is 24.3 Å². The van der Waals surface area contributed by atoms with Gasteiger partial charge in [-0.3, -0.25) is 9.69 Å². The van der Waals surface area contributed by atoms with Crippen LogP contribution in [0.3, 0.4) is 0 Å².